The van der Waals surface area contributed by atoms with Crippen LogP contribution in [0.4, 0.5) is 0 Å². The summed E-state index contributed by atoms with van der Waals surface area (Å²) in [4.78, 5) is 25.9. The van der Waals surface area contributed by atoms with Crippen molar-refractivity contribution >= 4 is 43.6 Å². The highest BCUT2D eigenvalue weighted by Gasteiger charge is 2.29. The maximum Gasteiger partial charge on any atom is 0.255 e. The lowest BCUT2D eigenvalue weighted by molar-refractivity contribution is -0.118. The minimum absolute atomic E-state index is 0.00956. The third kappa shape index (κ3) is 3.70. The van der Waals surface area contributed by atoms with Gasteiger partial charge in [-0.2, -0.15) is 0 Å². The summed E-state index contributed by atoms with van der Waals surface area (Å²) >= 11 is 6.83. The number of benzene rings is 1. The summed E-state index contributed by atoms with van der Waals surface area (Å²) in [6.45, 7) is 2.33. The summed E-state index contributed by atoms with van der Waals surface area (Å²) in [7, 11) is 0. The fourth-order valence-electron chi connectivity index (χ4n) is 2.63. The normalized spacial score (nSPS) is 18.9. The highest BCUT2D eigenvalue weighted by Crippen LogP contribution is 2.27. The molecule has 1 atom stereocenters. The Morgan fingerprint density at radius 3 is 2.70 bits per heavy atom. The zero-order valence-electron chi connectivity index (χ0n) is 11.4. The van der Waals surface area contributed by atoms with Crippen molar-refractivity contribution in [1.29, 1.82) is 0 Å². The number of rotatable bonds is 3. The van der Waals surface area contributed by atoms with E-state index in [1.807, 2.05) is 23.1 Å². The van der Waals surface area contributed by atoms with Crippen LogP contribution in [0.3, 0.4) is 0 Å². The predicted octanol–water partition coefficient (Wildman–Crippen LogP) is 4.19. The van der Waals surface area contributed by atoms with Crippen LogP contribution in [0.5, 0.6) is 0 Å². The summed E-state index contributed by atoms with van der Waals surface area (Å²) in [6.07, 6.45) is 3.47. The summed E-state index contributed by atoms with van der Waals surface area (Å²) in [5, 5.41) is 0. The van der Waals surface area contributed by atoms with Crippen LogP contribution in [0.15, 0.2) is 27.1 Å². The van der Waals surface area contributed by atoms with Gasteiger partial charge in [0.2, 0.25) is 0 Å². The minimum Gasteiger partial charge on any atom is -0.335 e. The van der Waals surface area contributed by atoms with Gasteiger partial charge < -0.3 is 4.90 Å². The monoisotopic (exact) mass is 401 g/mol. The van der Waals surface area contributed by atoms with Crippen LogP contribution >= 0.6 is 31.9 Å². The summed E-state index contributed by atoms with van der Waals surface area (Å²) in [5.41, 5.74) is 0.656. The first-order chi connectivity index (χ1) is 9.49. The molecule has 1 amide bonds. The fraction of sp³-hybridized carbons (Fsp3) is 0.467. The second-order valence-electron chi connectivity index (χ2n) is 5.18. The van der Waals surface area contributed by atoms with E-state index in [4.69, 9.17) is 0 Å². The molecular formula is C15H17Br2NO2. The molecule has 1 saturated heterocycles. The number of amides is 1. The molecule has 1 unspecified atom stereocenters. The molecule has 1 aliphatic rings. The van der Waals surface area contributed by atoms with E-state index in [0.717, 1.165) is 34.8 Å². The van der Waals surface area contributed by atoms with E-state index in [1.54, 1.807) is 6.92 Å². The van der Waals surface area contributed by atoms with Crippen molar-refractivity contribution in [3.05, 3.63) is 32.7 Å². The average molecular weight is 403 g/mol. The van der Waals surface area contributed by atoms with Crippen molar-refractivity contribution < 1.29 is 9.59 Å². The van der Waals surface area contributed by atoms with E-state index in [1.165, 1.54) is 0 Å². The molecule has 0 aromatic heterocycles. The lowest BCUT2D eigenvalue weighted by Crippen LogP contribution is -2.44. The Morgan fingerprint density at radius 2 is 2.05 bits per heavy atom. The number of piperidine rings is 1. The molecule has 1 aromatic carbocycles. The number of hydrogen-bond acceptors (Lipinski definition) is 2. The van der Waals surface area contributed by atoms with Crippen LogP contribution in [0.25, 0.3) is 0 Å². The maximum atomic E-state index is 12.7. The Balaban J connectivity index is 2.22. The lowest BCUT2D eigenvalue weighted by atomic mass is 9.97. The number of hydrogen-bond donors (Lipinski definition) is 0. The van der Waals surface area contributed by atoms with E-state index < -0.39 is 0 Å². The van der Waals surface area contributed by atoms with E-state index >= 15 is 0 Å². The van der Waals surface area contributed by atoms with Crippen molar-refractivity contribution in [3.63, 3.8) is 0 Å². The molecule has 0 radical (unpaired) electrons. The topological polar surface area (TPSA) is 37.4 Å². The van der Waals surface area contributed by atoms with Gasteiger partial charge in [0, 0.05) is 28.0 Å². The van der Waals surface area contributed by atoms with Gasteiger partial charge in [-0.25, -0.2) is 0 Å². The number of carbonyl (C=O) groups excluding carboxylic acids is 2. The van der Waals surface area contributed by atoms with Crippen molar-refractivity contribution in [3.8, 4) is 0 Å². The molecule has 5 heteroatoms. The summed E-state index contributed by atoms with van der Waals surface area (Å²) < 4.78 is 1.71. The van der Waals surface area contributed by atoms with Crippen molar-refractivity contribution in [2.24, 2.45) is 0 Å². The lowest BCUT2D eigenvalue weighted by Gasteiger charge is -2.35. The first-order valence-corrected chi connectivity index (χ1v) is 8.33. The molecule has 1 fully saturated rings. The van der Waals surface area contributed by atoms with Gasteiger partial charge in [-0.05, 0) is 60.3 Å². The number of carbonyl (C=O) groups is 2. The first-order valence-electron chi connectivity index (χ1n) is 6.74. The van der Waals surface area contributed by atoms with Gasteiger partial charge in [-0.1, -0.05) is 15.9 Å². The fourth-order valence-corrected chi connectivity index (χ4v) is 3.85. The van der Waals surface area contributed by atoms with Crippen LogP contribution in [0.2, 0.25) is 0 Å². The molecule has 1 heterocycles. The van der Waals surface area contributed by atoms with E-state index in [0.29, 0.717) is 12.0 Å². The van der Waals surface area contributed by atoms with Gasteiger partial charge in [-0.3, -0.25) is 9.59 Å². The highest BCUT2D eigenvalue weighted by atomic mass is 79.9. The first kappa shape index (κ1) is 15.7. The standard InChI is InChI=1S/C15H17Br2NO2/c1-10(19)8-12-4-2-3-7-18(12)15(20)13-6-5-11(16)9-14(13)17/h5-6,9,12H,2-4,7-8H2,1H3. The van der Waals surface area contributed by atoms with Crippen molar-refractivity contribution in [1.82, 2.24) is 4.90 Å². The Labute approximate surface area is 136 Å². The third-order valence-corrected chi connectivity index (χ3v) is 4.72. The number of ketones is 1. The number of likely N-dealkylation sites (tertiary alicyclic amines) is 1. The molecule has 3 nitrogen and oxygen atoms in total. The molecule has 0 saturated carbocycles. The Bertz CT molecular complexity index is 531. The van der Waals surface area contributed by atoms with Crippen LogP contribution in [-0.4, -0.2) is 29.2 Å². The van der Waals surface area contributed by atoms with Crippen LogP contribution in [0.1, 0.15) is 43.0 Å². The average Bonchev–Trinajstić information content (AvgIpc) is 2.38. The predicted molar refractivity (Wildman–Crippen MR) is 85.8 cm³/mol. The molecule has 0 spiro atoms. The SMILES string of the molecule is CC(=O)CC1CCCCN1C(=O)c1ccc(Br)cc1Br. The largest absolute Gasteiger partial charge is 0.335 e. The van der Waals surface area contributed by atoms with Crippen molar-refractivity contribution in [2.45, 2.75) is 38.6 Å². The quantitative estimate of drug-likeness (QED) is 0.760. The molecule has 108 valence electrons. The molecule has 2 rings (SSSR count). The van der Waals surface area contributed by atoms with Gasteiger partial charge in [0.25, 0.3) is 5.91 Å². The minimum atomic E-state index is 0.00956. The summed E-state index contributed by atoms with van der Waals surface area (Å²) in [5.74, 6) is 0.153. The molecule has 0 N–H and O–H groups in total. The van der Waals surface area contributed by atoms with E-state index in [9.17, 15) is 9.59 Å². The van der Waals surface area contributed by atoms with Crippen molar-refractivity contribution in [2.75, 3.05) is 6.54 Å². The number of Topliss-reactive ketones (excluding diaryl/α,β-unsaturated/α-hetero) is 1. The highest BCUT2D eigenvalue weighted by molar-refractivity contribution is 9.11. The Kier molecular flexibility index (Phi) is 5.38. The maximum absolute atomic E-state index is 12.7. The molecule has 20 heavy (non-hydrogen) atoms. The number of nitrogens with zero attached hydrogens (tertiary/aromatic N) is 1. The zero-order chi connectivity index (χ0) is 14.7. The van der Waals surface area contributed by atoms with Crippen LogP contribution in [-0.2, 0) is 4.79 Å². The molecule has 1 aromatic rings. The van der Waals surface area contributed by atoms with Crippen LogP contribution < -0.4 is 0 Å². The zero-order valence-corrected chi connectivity index (χ0v) is 14.5. The van der Waals surface area contributed by atoms with Crippen LogP contribution in [0, 0.1) is 0 Å². The molecule has 1 aliphatic heterocycles. The summed E-state index contributed by atoms with van der Waals surface area (Å²) in [6, 6.07) is 5.60. The smallest absolute Gasteiger partial charge is 0.255 e. The van der Waals surface area contributed by atoms with Gasteiger partial charge in [0.15, 0.2) is 0 Å². The molecular weight excluding hydrogens is 386 g/mol. The van der Waals surface area contributed by atoms with E-state index in [-0.39, 0.29) is 17.7 Å². The van der Waals surface area contributed by atoms with E-state index in [2.05, 4.69) is 31.9 Å². The molecule has 0 aliphatic carbocycles. The third-order valence-electron chi connectivity index (χ3n) is 3.57. The number of halogens is 2. The van der Waals surface area contributed by atoms with Gasteiger partial charge >= 0.3 is 0 Å². The Hall–Kier alpha value is -0.680. The molecule has 0 bridgehead atoms. The van der Waals surface area contributed by atoms with Gasteiger partial charge in [-0.15, -0.1) is 0 Å². The van der Waals surface area contributed by atoms with Gasteiger partial charge in [0.05, 0.1) is 5.56 Å². The van der Waals surface area contributed by atoms with Gasteiger partial charge in [0.1, 0.15) is 5.78 Å². The second-order valence-corrected chi connectivity index (χ2v) is 6.95. The second kappa shape index (κ2) is 6.85. The Morgan fingerprint density at radius 1 is 1.30 bits per heavy atom.